The highest BCUT2D eigenvalue weighted by molar-refractivity contribution is 5.87. The molecular formula is C29H34N4O5. The summed E-state index contributed by atoms with van der Waals surface area (Å²) in [7, 11) is 0. The van der Waals surface area contributed by atoms with E-state index in [0.717, 1.165) is 31.2 Å². The minimum atomic E-state index is -0.781. The molecule has 0 aliphatic heterocycles. The van der Waals surface area contributed by atoms with E-state index < -0.39 is 6.04 Å². The molecule has 0 radical (unpaired) electrons. The van der Waals surface area contributed by atoms with Crippen LogP contribution in [0.4, 0.5) is 0 Å². The zero-order valence-corrected chi connectivity index (χ0v) is 21.6. The van der Waals surface area contributed by atoms with Gasteiger partial charge < -0.3 is 20.6 Å². The van der Waals surface area contributed by atoms with E-state index in [-0.39, 0.29) is 54.1 Å². The summed E-state index contributed by atoms with van der Waals surface area (Å²) >= 11 is 0. The van der Waals surface area contributed by atoms with Crippen molar-refractivity contribution in [3.8, 4) is 5.75 Å². The van der Waals surface area contributed by atoms with Crippen LogP contribution in [0.25, 0.3) is 11.0 Å². The van der Waals surface area contributed by atoms with Crippen LogP contribution in [0, 0.1) is 11.8 Å². The summed E-state index contributed by atoms with van der Waals surface area (Å²) in [5.41, 5.74) is 5.14. The number of hydrogen-bond donors (Lipinski definition) is 3. The lowest BCUT2D eigenvalue weighted by Gasteiger charge is -2.27. The van der Waals surface area contributed by atoms with Crippen molar-refractivity contribution in [2.75, 3.05) is 12.0 Å². The minimum Gasteiger partial charge on any atom is -0.508 e. The number of fused-ring (bicyclic) bond motifs is 1. The molecule has 38 heavy (non-hydrogen) atoms. The molecule has 0 saturated heterocycles. The maximum absolute atomic E-state index is 13.7. The molecule has 9 heteroatoms. The molecule has 0 bridgehead atoms. The second-order valence-corrected chi connectivity index (χ2v) is 10.2. The Hall–Kier alpha value is -3.88. The number of esters is 1. The summed E-state index contributed by atoms with van der Waals surface area (Å²) in [6, 6.07) is 13.2. The Morgan fingerprint density at radius 3 is 2.58 bits per heavy atom. The van der Waals surface area contributed by atoms with Crippen molar-refractivity contribution >= 4 is 22.9 Å². The summed E-state index contributed by atoms with van der Waals surface area (Å²) in [5.74, 6) is -1.04. The lowest BCUT2D eigenvalue weighted by atomic mass is 9.95. The molecule has 1 aromatic heterocycles. The van der Waals surface area contributed by atoms with Crippen LogP contribution < -0.4 is 16.3 Å². The predicted molar refractivity (Wildman–Crippen MR) is 143 cm³/mol. The van der Waals surface area contributed by atoms with E-state index >= 15 is 0 Å². The molecule has 2 aliphatic rings. The largest absolute Gasteiger partial charge is 0.508 e. The Kier molecular flexibility index (Phi) is 7.62. The van der Waals surface area contributed by atoms with Crippen LogP contribution in [-0.2, 0) is 20.7 Å². The molecule has 2 fully saturated rings. The molecule has 0 spiro atoms. The number of para-hydroxylation sites is 2. The van der Waals surface area contributed by atoms with Crippen molar-refractivity contribution < 1.29 is 19.4 Å². The molecule has 9 nitrogen and oxygen atoms in total. The zero-order valence-electron chi connectivity index (χ0n) is 21.6. The molecule has 3 atom stereocenters. The van der Waals surface area contributed by atoms with Crippen LogP contribution in [0.3, 0.4) is 0 Å². The first-order valence-electron chi connectivity index (χ1n) is 13.5. The smallest absolute Gasteiger partial charge is 0.309 e. The van der Waals surface area contributed by atoms with Gasteiger partial charge in [0.25, 0.3) is 5.56 Å². The quantitative estimate of drug-likeness (QED) is 0.372. The van der Waals surface area contributed by atoms with Gasteiger partial charge in [0.1, 0.15) is 17.5 Å². The molecule has 3 unspecified atom stereocenters. The summed E-state index contributed by atoms with van der Waals surface area (Å²) < 4.78 is 6.63. The van der Waals surface area contributed by atoms with Gasteiger partial charge in [-0.2, -0.15) is 0 Å². The Balaban J connectivity index is 1.48. The van der Waals surface area contributed by atoms with Crippen LogP contribution in [0.5, 0.6) is 5.75 Å². The number of hydrogen-bond acceptors (Lipinski definition) is 7. The van der Waals surface area contributed by atoms with E-state index in [1.54, 1.807) is 37.3 Å². The molecule has 1 amide bonds. The van der Waals surface area contributed by atoms with Gasteiger partial charge in [-0.3, -0.25) is 14.4 Å². The van der Waals surface area contributed by atoms with Gasteiger partial charge in [0, 0.05) is 18.4 Å². The van der Waals surface area contributed by atoms with Crippen LogP contribution >= 0.6 is 0 Å². The summed E-state index contributed by atoms with van der Waals surface area (Å²) in [5, 5.41) is 12.8. The van der Waals surface area contributed by atoms with Gasteiger partial charge in [0.15, 0.2) is 0 Å². The first kappa shape index (κ1) is 25.8. The number of carbonyl (C=O) groups excluding carboxylic acids is 2. The third kappa shape index (κ3) is 5.66. The maximum atomic E-state index is 13.7. The molecule has 2 saturated carbocycles. The first-order valence-corrected chi connectivity index (χ1v) is 13.5. The monoisotopic (exact) mass is 518 g/mol. The lowest BCUT2D eigenvalue weighted by Crippen LogP contribution is -2.51. The van der Waals surface area contributed by atoms with Crippen molar-refractivity contribution in [3.05, 3.63) is 70.1 Å². The number of carbonyl (C=O) groups is 2. The van der Waals surface area contributed by atoms with Gasteiger partial charge in [-0.25, -0.2) is 9.66 Å². The second-order valence-electron chi connectivity index (χ2n) is 10.2. The normalized spacial score (nSPS) is 20.0. The number of phenols is 1. The van der Waals surface area contributed by atoms with Crippen molar-refractivity contribution in [2.45, 2.75) is 64.0 Å². The number of amides is 1. The molecule has 3 N–H and O–H groups in total. The summed E-state index contributed by atoms with van der Waals surface area (Å²) in [6.45, 7) is 2.04. The van der Waals surface area contributed by atoms with Gasteiger partial charge in [0.2, 0.25) is 5.91 Å². The van der Waals surface area contributed by atoms with E-state index in [1.807, 2.05) is 18.2 Å². The first-order chi connectivity index (χ1) is 18.4. The fraction of sp³-hybridized carbons (Fsp3) is 0.448. The Morgan fingerprint density at radius 1 is 1.11 bits per heavy atom. The molecule has 2 aromatic carbocycles. The van der Waals surface area contributed by atoms with E-state index in [9.17, 15) is 19.5 Å². The lowest BCUT2D eigenvalue weighted by molar-refractivity contribution is -0.145. The van der Waals surface area contributed by atoms with Crippen LogP contribution in [0.1, 0.15) is 56.7 Å². The van der Waals surface area contributed by atoms with Gasteiger partial charge >= 0.3 is 5.97 Å². The molecule has 3 aromatic rings. The van der Waals surface area contributed by atoms with Crippen molar-refractivity contribution in [3.63, 3.8) is 0 Å². The third-order valence-corrected chi connectivity index (χ3v) is 7.50. The number of aromatic hydroxyl groups is 1. The molecule has 1 heterocycles. The van der Waals surface area contributed by atoms with Crippen LogP contribution in [0.2, 0.25) is 0 Å². The number of phenolic OH excluding ortho intramolecular Hbond substituents is 1. The Bertz CT molecular complexity index is 1360. The van der Waals surface area contributed by atoms with E-state index in [1.165, 1.54) is 11.1 Å². The average molecular weight is 519 g/mol. The van der Waals surface area contributed by atoms with Crippen LogP contribution in [-0.4, -0.2) is 45.3 Å². The Labute approximate surface area is 221 Å². The van der Waals surface area contributed by atoms with E-state index in [4.69, 9.17) is 4.74 Å². The van der Waals surface area contributed by atoms with Gasteiger partial charge in [-0.1, -0.05) is 43.5 Å². The highest BCUT2D eigenvalue weighted by Crippen LogP contribution is 2.43. The molecule has 5 rings (SSSR count). The van der Waals surface area contributed by atoms with E-state index in [2.05, 4.69) is 15.7 Å². The number of aromatic nitrogens is 2. The minimum absolute atomic E-state index is 0.0938. The second kappa shape index (κ2) is 11.2. The predicted octanol–water partition coefficient (Wildman–Crippen LogP) is 3.25. The van der Waals surface area contributed by atoms with Crippen LogP contribution in [0.15, 0.2) is 53.3 Å². The van der Waals surface area contributed by atoms with E-state index in [0.29, 0.717) is 23.1 Å². The topological polar surface area (TPSA) is 123 Å². The Morgan fingerprint density at radius 2 is 1.84 bits per heavy atom. The number of rotatable bonds is 9. The molecular weight excluding hydrogens is 484 g/mol. The number of benzene rings is 2. The van der Waals surface area contributed by atoms with Gasteiger partial charge in [-0.05, 0) is 56.0 Å². The number of ether oxygens (including phenoxy) is 1. The number of nitrogens with one attached hydrogen (secondary N) is 2. The van der Waals surface area contributed by atoms with Crippen molar-refractivity contribution in [2.24, 2.45) is 11.8 Å². The van der Waals surface area contributed by atoms with Gasteiger partial charge in [0.05, 0.1) is 23.6 Å². The SMILES string of the molecule is CCOC(=O)C1CC1C(Nn1c(=O)c(Cc2ccc(O)cc2)nc2ccccc21)C(=O)NC1CCCCC1. The summed E-state index contributed by atoms with van der Waals surface area (Å²) in [4.78, 5) is 44.4. The zero-order chi connectivity index (χ0) is 26.6. The van der Waals surface area contributed by atoms with Crippen molar-refractivity contribution in [1.29, 1.82) is 0 Å². The van der Waals surface area contributed by atoms with Gasteiger partial charge in [-0.15, -0.1) is 0 Å². The fourth-order valence-corrected chi connectivity index (χ4v) is 5.36. The highest BCUT2D eigenvalue weighted by atomic mass is 16.5. The standard InChI is InChI=1S/C29H34N4O5/c1-2-38-29(37)22-17-21(22)26(27(35)30-19-8-4-3-5-9-19)32-33-25-11-7-6-10-23(25)31-24(28(33)36)16-18-12-14-20(34)15-13-18/h6-7,10-15,19,21-22,26,32,34H,2-5,8-9,16-17H2,1H3,(H,30,35). The fourth-order valence-electron chi connectivity index (χ4n) is 5.36. The third-order valence-electron chi connectivity index (χ3n) is 7.50. The van der Waals surface area contributed by atoms with Crippen molar-refractivity contribution in [1.82, 2.24) is 15.0 Å². The summed E-state index contributed by atoms with van der Waals surface area (Å²) in [6.07, 6.45) is 5.97. The highest BCUT2D eigenvalue weighted by Gasteiger charge is 2.52. The average Bonchev–Trinajstić information content (AvgIpc) is 3.71. The maximum Gasteiger partial charge on any atom is 0.309 e. The molecule has 2 aliphatic carbocycles. The molecule has 200 valence electrons. The number of nitrogens with zero attached hydrogens (tertiary/aromatic N) is 2.